The maximum Gasteiger partial charge on any atom is 0.311 e. The van der Waals surface area contributed by atoms with Crippen molar-refractivity contribution in [2.24, 2.45) is 29.6 Å². The van der Waals surface area contributed by atoms with E-state index in [2.05, 4.69) is 6.92 Å². The number of carbonyl (C=O) groups excluding carboxylic acids is 2. The van der Waals surface area contributed by atoms with E-state index in [-0.39, 0.29) is 31.1 Å². The predicted molar refractivity (Wildman–Crippen MR) is 181 cm³/mol. The van der Waals surface area contributed by atoms with Crippen molar-refractivity contribution < 1.29 is 58.1 Å². The number of hydrogen-bond donors (Lipinski definition) is 3. The van der Waals surface area contributed by atoms with Crippen LogP contribution >= 0.6 is 0 Å². The minimum absolute atomic E-state index is 0.0332. The molecular weight excluding hydrogens is 636 g/mol. The molecule has 1 unspecified atom stereocenters. The van der Waals surface area contributed by atoms with Crippen LogP contribution in [0.4, 0.5) is 0 Å². The second-order valence-electron chi connectivity index (χ2n) is 16.0. The molecule has 0 amide bonds. The molecule has 17 atom stereocenters. The molecule has 286 valence electrons. The number of Topliss-reactive ketones (excluding diaryl/α,β-unsaturated/α-hetero) is 1. The summed E-state index contributed by atoms with van der Waals surface area (Å²) < 4.78 is 44.0. The quantitative estimate of drug-likeness (QED) is 0.326. The maximum atomic E-state index is 14.1. The van der Waals surface area contributed by atoms with Gasteiger partial charge in [-0.1, -0.05) is 34.6 Å². The highest BCUT2D eigenvalue weighted by Gasteiger charge is 2.53. The Kier molecular flexibility index (Phi) is 14.3. The van der Waals surface area contributed by atoms with E-state index >= 15 is 0 Å². The van der Waals surface area contributed by atoms with Gasteiger partial charge in [0.2, 0.25) is 0 Å². The molecule has 3 aliphatic rings. The van der Waals surface area contributed by atoms with E-state index in [4.69, 9.17) is 33.2 Å². The standard InChI is InChI=1S/C37H66O12/c1-14-26-37(11,42)31(39)22(5)29(38)20(3)17-36(10,44-13)33(49-27-16-19(2)15-21(4)45-27)23(6)30(24(7)34(41)47-26)48-28-18-35(9,43-12)32(40)25(8)46-28/h19-28,30-33,39-40,42H,14-18H2,1-13H3/t19-,20+,21+,22-,23-,24+,25-,26+,27-,28?,30-,31+,32-,33+,35+,36+,37+/m0/s1. The zero-order chi connectivity index (χ0) is 37.2. The van der Waals surface area contributed by atoms with Gasteiger partial charge in [-0.25, -0.2) is 0 Å². The Morgan fingerprint density at radius 3 is 1.96 bits per heavy atom. The number of methoxy groups -OCH3 is 2. The van der Waals surface area contributed by atoms with E-state index in [1.54, 1.807) is 48.7 Å². The maximum absolute atomic E-state index is 14.1. The van der Waals surface area contributed by atoms with E-state index in [0.717, 1.165) is 6.42 Å². The lowest BCUT2D eigenvalue weighted by atomic mass is 9.74. The molecular formula is C37H66O12. The van der Waals surface area contributed by atoms with Gasteiger partial charge in [0.25, 0.3) is 0 Å². The van der Waals surface area contributed by atoms with E-state index in [0.29, 0.717) is 12.3 Å². The first kappa shape index (κ1) is 42.2. The van der Waals surface area contributed by atoms with E-state index < -0.39 is 95.6 Å². The first-order valence-corrected chi connectivity index (χ1v) is 18.2. The number of ketones is 1. The van der Waals surface area contributed by atoms with Crippen LogP contribution in [0, 0.1) is 29.6 Å². The van der Waals surface area contributed by atoms with E-state index in [1.165, 1.54) is 14.0 Å². The Balaban J connectivity index is 2.18. The van der Waals surface area contributed by atoms with Gasteiger partial charge in [0.15, 0.2) is 12.6 Å². The van der Waals surface area contributed by atoms with Gasteiger partial charge in [-0.3, -0.25) is 9.59 Å². The summed E-state index contributed by atoms with van der Waals surface area (Å²) in [6, 6.07) is 0. The molecule has 3 rings (SSSR count). The lowest BCUT2D eigenvalue weighted by Gasteiger charge is -2.49. The summed E-state index contributed by atoms with van der Waals surface area (Å²) in [6.07, 6.45) is -5.21. The Bertz CT molecular complexity index is 1090. The molecule has 3 aliphatic heterocycles. The zero-order valence-electron chi connectivity index (χ0n) is 32.1. The van der Waals surface area contributed by atoms with E-state index in [1.807, 2.05) is 20.8 Å². The Morgan fingerprint density at radius 2 is 1.41 bits per heavy atom. The van der Waals surface area contributed by atoms with Crippen LogP contribution in [0.25, 0.3) is 0 Å². The van der Waals surface area contributed by atoms with Crippen LogP contribution in [0.5, 0.6) is 0 Å². The van der Waals surface area contributed by atoms with Crippen LogP contribution in [0.1, 0.15) is 108 Å². The van der Waals surface area contributed by atoms with Crippen LogP contribution in [-0.4, -0.2) is 113 Å². The smallest absolute Gasteiger partial charge is 0.311 e. The van der Waals surface area contributed by atoms with Gasteiger partial charge in [-0.2, -0.15) is 0 Å². The highest BCUT2D eigenvalue weighted by molar-refractivity contribution is 5.83. The molecule has 12 nitrogen and oxygen atoms in total. The number of hydrogen-bond acceptors (Lipinski definition) is 12. The molecule has 49 heavy (non-hydrogen) atoms. The van der Waals surface area contributed by atoms with Crippen molar-refractivity contribution in [1.82, 2.24) is 0 Å². The monoisotopic (exact) mass is 702 g/mol. The number of esters is 1. The third-order valence-corrected chi connectivity index (χ3v) is 11.7. The molecule has 12 heteroatoms. The molecule has 0 radical (unpaired) electrons. The molecule has 0 aromatic heterocycles. The Labute approximate surface area is 293 Å². The topological polar surface area (TPSA) is 159 Å². The first-order valence-electron chi connectivity index (χ1n) is 18.2. The fraction of sp³-hybridized carbons (Fsp3) is 0.946. The molecule has 0 aromatic rings. The molecule has 3 N–H and O–H groups in total. The SMILES string of the molecule is CC[C@H]1OC(=O)[C@H](C)[C@@H](OC2C[C@@](C)(OC)[C@@H](O)[C@H](C)O2)[C@H](C)[C@@H](O[C@H]2C[C@@H](C)C[C@@H](C)O2)[C@](C)(OC)C[C@@H](C)C(=O)[C@H](C)[C@@H](O)[C@]1(C)O. The molecule has 0 spiro atoms. The minimum atomic E-state index is -1.93. The number of aliphatic hydroxyl groups excluding tert-OH is 2. The number of aliphatic hydroxyl groups is 3. The fourth-order valence-electron chi connectivity index (χ4n) is 8.40. The number of carbonyl (C=O) groups is 2. The molecule has 0 saturated carbocycles. The molecule has 3 heterocycles. The van der Waals surface area contributed by atoms with Gasteiger partial charge >= 0.3 is 5.97 Å². The van der Waals surface area contributed by atoms with Crippen LogP contribution < -0.4 is 0 Å². The fourth-order valence-corrected chi connectivity index (χ4v) is 8.40. The van der Waals surface area contributed by atoms with Crippen LogP contribution in [0.3, 0.4) is 0 Å². The second kappa shape index (κ2) is 16.6. The van der Waals surface area contributed by atoms with Gasteiger partial charge in [-0.05, 0) is 66.7 Å². The Hall–Kier alpha value is -1.22. The minimum Gasteiger partial charge on any atom is -0.459 e. The van der Waals surface area contributed by atoms with Crippen LogP contribution in [0.2, 0.25) is 0 Å². The summed E-state index contributed by atoms with van der Waals surface area (Å²) in [5.74, 6) is -3.65. The molecule has 0 aliphatic carbocycles. The summed E-state index contributed by atoms with van der Waals surface area (Å²) in [4.78, 5) is 28.0. The van der Waals surface area contributed by atoms with Crippen molar-refractivity contribution in [3.8, 4) is 0 Å². The lowest BCUT2D eigenvalue weighted by molar-refractivity contribution is -0.309. The third-order valence-electron chi connectivity index (χ3n) is 11.7. The summed E-state index contributed by atoms with van der Waals surface area (Å²) in [7, 11) is 3.09. The highest BCUT2D eigenvalue weighted by atomic mass is 16.7. The first-order chi connectivity index (χ1) is 22.6. The molecule has 3 fully saturated rings. The lowest BCUT2D eigenvalue weighted by Crippen LogP contribution is -2.60. The second-order valence-corrected chi connectivity index (χ2v) is 16.0. The van der Waals surface area contributed by atoms with Crippen molar-refractivity contribution in [3.05, 3.63) is 0 Å². The van der Waals surface area contributed by atoms with Gasteiger partial charge in [0.05, 0.1) is 47.6 Å². The normalized spacial score (nSPS) is 49.6. The van der Waals surface area contributed by atoms with Gasteiger partial charge in [0, 0.05) is 44.8 Å². The van der Waals surface area contributed by atoms with Gasteiger partial charge in [0.1, 0.15) is 23.6 Å². The largest absolute Gasteiger partial charge is 0.459 e. The Morgan fingerprint density at radius 1 is 0.796 bits per heavy atom. The molecule has 3 saturated heterocycles. The number of ether oxygens (including phenoxy) is 7. The third kappa shape index (κ3) is 9.24. The van der Waals surface area contributed by atoms with Crippen molar-refractivity contribution in [2.75, 3.05) is 14.2 Å². The molecule has 0 bridgehead atoms. The summed E-state index contributed by atoms with van der Waals surface area (Å²) in [5.41, 5.74) is -4.01. The van der Waals surface area contributed by atoms with Crippen molar-refractivity contribution in [2.45, 2.75) is 180 Å². The van der Waals surface area contributed by atoms with Crippen molar-refractivity contribution in [1.29, 1.82) is 0 Å². The summed E-state index contributed by atoms with van der Waals surface area (Å²) in [5, 5.41) is 33.9. The van der Waals surface area contributed by atoms with Crippen molar-refractivity contribution in [3.63, 3.8) is 0 Å². The average Bonchev–Trinajstić information content (AvgIpc) is 3.04. The zero-order valence-corrected chi connectivity index (χ0v) is 32.1. The van der Waals surface area contributed by atoms with Gasteiger partial charge < -0.3 is 48.5 Å². The van der Waals surface area contributed by atoms with Gasteiger partial charge in [-0.15, -0.1) is 0 Å². The predicted octanol–water partition coefficient (Wildman–Crippen LogP) is 4.17. The van der Waals surface area contributed by atoms with Crippen LogP contribution in [-0.2, 0) is 42.7 Å². The van der Waals surface area contributed by atoms with Crippen molar-refractivity contribution >= 4 is 11.8 Å². The van der Waals surface area contributed by atoms with Crippen LogP contribution in [0.15, 0.2) is 0 Å². The highest BCUT2D eigenvalue weighted by Crippen LogP contribution is 2.41. The molecule has 0 aromatic carbocycles. The van der Waals surface area contributed by atoms with E-state index in [9.17, 15) is 24.9 Å². The summed E-state index contributed by atoms with van der Waals surface area (Å²) in [6.45, 7) is 19.7. The summed E-state index contributed by atoms with van der Waals surface area (Å²) >= 11 is 0. The average molecular weight is 703 g/mol. The number of rotatable bonds is 7. The number of cyclic esters (lactones) is 1.